The molecule has 2 atom stereocenters. The monoisotopic (exact) mass is 216 g/mol. The molecule has 2 unspecified atom stereocenters. The molecule has 0 amide bonds. The van der Waals surface area contributed by atoms with Gasteiger partial charge in [-0.2, -0.15) is 0 Å². The van der Waals surface area contributed by atoms with E-state index in [1.54, 1.807) is 12.2 Å². The van der Waals surface area contributed by atoms with E-state index in [2.05, 4.69) is 11.3 Å². The van der Waals surface area contributed by atoms with Crippen molar-refractivity contribution in [2.45, 2.75) is 25.7 Å². The van der Waals surface area contributed by atoms with Gasteiger partial charge in [-0.05, 0) is 13.3 Å². The number of hydrogen-bond donors (Lipinski definition) is 3. The molecule has 0 aromatic rings. The van der Waals surface area contributed by atoms with E-state index in [0.29, 0.717) is 12.0 Å². The molecule has 0 rings (SSSR count). The van der Waals surface area contributed by atoms with Crippen molar-refractivity contribution in [3.8, 4) is 0 Å². The Kier molecular flexibility index (Phi) is 6.61. The highest BCUT2D eigenvalue weighted by Gasteiger charge is 2.20. The third-order valence-corrected chi connectivity index (χ3v) is 1.66. The predicted molar refractivity (Wildman–Crippen MR) is 53.8 cm³/mol. The van der Waals surface area contributed by atoms with Gasteiger partial charge in [-0.3, -0.25) is 0 Å². The van der Waals surface area contributed by atoms with Gasteiger partial charge in [0, 0.05) is 5.57 Å². The van der Waals surface area contributed by atoms with Crippen molar-refractivity contribution in [1.29, 1.82) is 0 Å². The van der Waals surface area contributed by atoms with Crippen LogP contribution in [0.5, 0.6) is 0 Å². The van der Waals surface area contributed by atoms with Gasteiger partial charge in [0.2, 0.25) is 6.29 Å². The van der Waals surface area contributed by atoms with Crippen LogP contribution in [0.1, 0.15) is 13.3 Å². The molecule has 0 radical (unpaired) electrons. The van der Waals surface area contributed by atoms with Crippen LogP contribution in [0.2, 0.25) is 0 Å². The summed E-state index contributed by atoms with van der Waals surface area (Å²) >= 11 is 0. The number of carbonyl (C=O) groups excluding carboxylic acids is 1. The van der Waals surface area contributed by atoms with Crippen LogP contribution in [0.3, 0.4) is 0 Å². The standard InChI is InChI=1S/C10H16O5/c1-3-4-5-7(2)9(13)15-10(14)8(12)6-11/h3,5,8,10-12,14H,1,4,6H2,2H3/b7-5+. The van der Waals surface area contributed by atoms with E-state index in [4.69, 9.17) is 15.3 Å². The maximum absolute atomic E-state index is 11.2. The number of esters is 1. The third-order valence-electron chi connectivity index (χ3n) is 1.66. The molecule has 15 heavy (non-hydrogen) atoms. The molecule has 0 aliphatic rings. The van der Waals surface area contributed by atoms with Crippen molar-refractivity contribution in [3.05, 3.63) is 24.3 Å². The number of ether oxygens (including phenoxy) is 1. The number of rotatable bonds is 6. The van der Waals surface area contributed by atoms with Gasteiger partial charge in [0.05, 0.1) is 6.61 Å². The fraction of sp³-hybridized carbons (Fsp3) is 0.500. The van der Waals surface area contributed by atoms with Crippen LogP contribution in [0.4, 0.5) is 0 Å². The molecule has 0 aromatic heterocycles. The molecule has 86 valence electrons. The smallest absolute Gasteiger partial charge is 0.335 e. The topological polar surface area (TPSA) is 87.0 Å². The number of hydrogen-bond acceptors (Lipinski definition) is 5. The fourth-order valence-electron chi connectivity index (χ4n) is 0.715. The Morgan fingerprint density at radius 2 is 2.13 bits per heavy atom. The Bertz CT molecular complexity index is 246. The zero-order valence-electron chi connectivity index (χ0n) is 8.59. The predicted octanol–water partition coefficient (Wildman–Crippen LogP) is -0.276. The molecule has 0 spiro atoms. The zero-order valence-corrected chi connectivity index (χ0v) is 8.59. The molecule has 0 heterocycles. The first-order valence-electron chi connectivity index (χ1n) is 4.48. The third kappa shape index (κ3) is 5.31. The molecule has 5 heteroatoms. The van der Waals surface area contributed by atoms with Crippen molar-refractivity contribution >= 4 is 5.97 Å². The Labute approximate surface area is 88.3 Å². The second kappa shape index (κ2) is 7.17. The van der Waals surface area contributed by atoms with Gasteiger partial charge in [0.1, 0.15) is 6.10 Å². The van der Waals surface area contributed by atoms with Gasteiger partial charge in [-0.15, -0.1) is 6.58 Å². The van der Waals surface area contributed by atoms with Crippen molar-refractivity contribution in [2.75, 3.05) is 6.61 Å². The molecular weight excluding hydrogens is 200 g/mol. The largest absolute Gasteiger partial charge is 0.430 e. The van der Waals surface area contributed by atoms with E-state index in [1.165, 1.54) is 6.92 Å². The Morgan fingerprint density at radius 3 is 2.60 bits per heavy atom. The zero-order chi connectivity index (χ0) is 11.8. The molecule has 5 nitrogen and oxygen atoms in total. The first-order valence-corrected chi connectivity index (χ1v) is 4.48. The van der Waals surface area contributed by atoms with Crippen LogP contribution in [-0.4, -0.2) is 40.3 Å². The first-order chi connectivity index (χ1) is 7.02. The second-order valence-electron chi connectivity index (χ2n) is 2.96. The highest BCUT2D eigenvalue weighted by atomic mass is 16.6. The molecule has 0 aliphatic carbocycles. The van der Waals surface area contributed by atoms with Crippen LogP contribution in [-0.2, 0) is 9.53 Å². The molecule has 0 saturated carbocycles. The normalized spacial score (nSPS) is 15.6. The number of allylic oxidation sites excluding steroid dienone is 2. The summed E-state index contributed by atoms with van der Waals surface area (Å²) in [6.07, 6.45) is 0.499. The van der Waals surface area contributed by atoms with E-state index in [-0.39, 0.29) is 0 Å². The van der Waals surface area contributed by atoms with Crippen LogP contribution in [0.15, 0.2) is 24.3 Å². The summed E-state index contributed by atoms with van der Waals surface area (Å²) in [5.41, 5.74) is 0.305. The first kappa shape index (κ1) is 13.8. The van der Waals surface area contributed by atoms with Crippen LogP contribution in [0, 0.1) is 0 Å². The quantitative estimate of drug-likeness (QED) is 0.246. The maximum Gasteiger partial charge on any atom is 0.335 e. The second-order valence-corrected chi connectivity index (χ2v) is 2.96. The number of aliphatic hydroxyl groups is 3. The van der Waals surface area contributed by atoms with Gasteiger partial charge >= 0.3 is 5.97 Å². The van der Waals surface area contributed by atoms with Gasteiger partial charge < -0.3 is 20.1 Å². The molecule has 0 saturated heterocycles. The summed E-state index contributed by atoms with van der Waals surface area (Å²) in [6, 6.07) is 0. The van der Waals surface area contributed by atoms with Crippen molar-refractivity contribution in [3.63, 3.8) is 0 Å². The Balaban J connectivity index is 4.18. The number of aliphatic hydroxyl groups excluding tert-OH is 3. The van der Waals surface area contributed by atoms with E-state index in [1.807, 2.05) is 0 Å². The fourth-order valence-corrected chi connectivity index (χ4v) is 0.715. The minimum absolute atomic E-state index is 0.305. The van der Waals surface area contributed by atoms with Crippen molar-refractivity contribution < 1.29 is 24.9 Å². The average Bonchev–Trinajstić information content (AvgIpc) is 2.24. The molecule has 0 aliphatic heterocycles. The summed E-state index contributed by atoms with van der Waals surface area (Å²) in [5, 5.41) is 26.5. The average molecular weight is 216 g/mol. The van der Waals surface area contributed by atoms with Gasteiger partial charge in [-0.1, -0.05) is 12.2 Å². The lowest BCUT2D eigenvalue weighted by Gasteiger charge is -2.15. The summed E-state index contributed by atoms with van der Waals surface area (Å²) in [6.45, 7) is 4.32. The lowest BCUT2D eigenvalue weighted by molar-refractivity contribution is -0.186. The van der Waals surface area contributed by atoms with Gasteiger partial charge in [0.15, 0.2) is 0 Å². The lowest BCUT2D eigenvalue weighted by Crippen LogP contribution is -2.33. The van der Waals surface area contributed by atoms with Crippen molar-refractivity contribution in [1.82, 2.24) is 0 Å². The molecule has 0 aromatic carbocycles. The number of carbonyl (C=O) groups is 1. The van der Waals surface area contributed by atoms with Crippen LogP contribution >= 0.6 is 0 Å². The molecular formula is C10H16O5. The summed E-state index contributed by atoms with van der Waals surface area (Å²) in [5.74, 6) is -0.739. The van der Waals surface area contributed by atoms with Crippen LogP contribution in [0.25, 0.3) is 0 Å². The van der Waals surface area contributed by atoms with Gasteiger partial charge in [-0.25, -0.2) is 4.79 Å². The van der Waals surface area contributed by atoms with Crippen LogP contribution < -0.4 is 0 Å². The molecule has 0 bridgehead atoms. The SMILES string of the molecule is C=CC/C=C(\C)C(=O)OC(O)C(O)CO. The van der Waals surface area contributed by atoms with E-state index in [9.17, 15) is 4.79 Å². The van der Waals surface area contributed by atoms with Gasteiger partial charge in [0.25, 0.3) is 0 Å². The molecule has 3 N–H and O–H groups in total. The van der Waals surface area contributed by atoms with E-state index in [0.717, 1.165) is 0 Å². The Hall–Kier alpha value is -1.17. The Morgan fingerprint density at radius 1 is 1.53 bits per heavy atom. The lowest BCUT2D eigenvalue weighted by atomic mass is 10.2. The minimum Gasteiger partial charge on any atom is -0.430 e. The maximum atomic E-state index is 11.2. The van der Waals surface area contributed by atoms with Crippen molar-refractivity contribution in [2.24, 2.45) is 0 Å². The molecule has 0 fully saturated rings. The summed E-state index contributed by atoms with van der Waals surface area (Å²) in [7, 11) is 0. The summed E-state index contributed by atoms with van der Waals surface area (Å²) < 4.78 is 4.47. The minimum atomic E-state index is -1.71. The highest BCUT2D eigenvalue weighted by Crippen LogP contribution is 2.03. The van der Waals surface area contributed by atoms with E-state index >= 15 is 0 Å². The van der Waals surface area contributed by atoms with E-state index < -0.39 is 25.0 Å². The highest BCUT2D eigenvalue weighted by molar-refractivity contribution is 5.87. The summed E-state index contributed by atoms with van der Waals surface area (Å²) in [4.78, 5) is 11.2.